The Hall–Kier alpha value is -0.580. The summed E-state index contributed by atoms with van der Waals surface area (Å²) in [5.41, 5.74) is 0. The molecule has 0 atom stereocenters. The van der Waals surface area contributed by atoms with Crippen molar-refractivity contribution in [3.05, 3.63) is 0 Å². The summed E-state index contributed by atoms with van der Waals surface area (Å²) in [6.07, 6.45) is 5.81. The van der Waals surface area contributed by atoms with Gasteiger partial charge in [0, 0.05) is 0 Å². The first-order chi connectivity index (χ1) is 8.63. The van der Waals surface area contributed by atoms with Gasteiger partial charge in [0.25, 0.3) is 0 Å². The zero-order valence-electron chi connectivity index (χ0n) is 11.2. The standard InChI is InChI=1S/C13H23BrO4/c1-3-5-7-9-17-12(15)11(14)13(16)18-10-8-6-4-2/h11H,3-10H2,1-2H3. The van der Waals surface area contributed by atoms with Gasteiger partial charge >= 0.3 is 11.9 Å². The Labute approximate surface area is 118 Å². The molecular weight excluding hydrogens is 300 g/mol. The maximum absolute atomic E-state index is 11.5. The number of carbonyl (C=O) groups is 2. The molecule has 4 nitrogen and oxygen atoms in total. The number of ether oxygens (including phenoxy) is 2. The number of rotatable bonds is 10. The molecule has 0 heterocycles. The number of hydrogen-bond donors (Lipinski definition) is 0. The van der Waals surface area contributed by atoms with Gasteiger partial charge in [-0.25, -0.2) is 0 Å². The Balaban J connectivity index is 3.72. The van der Waals surface area contributed by atoms with Crippen LogP contribution in [0.15, 0.2) is 0 Å². The molecule has 0 aliphatic heterocycles. The van der Waals surface area contributed by atoms with Gasteiger partial charge < -0.3 is 9.47 Å². The molecule has 0 radical (unpaired) electrons. The van der Waals surface area contributed by atoms with Crippen LogP contribution in [0, 0.1) is 0 Å². The quantitative estimate of drug-likeness (QED) is 0.268. The van der Waals surface area contributed by atoms with Crippen molar-refractivity contribution < 1.29 is 19.1 Å². The van der Waals surface area contributed by atoms with Gasteiger partial charge in [-0.2, -0.15) is 0 Å². The maximum Gasteiger partial charge on any atom is 0.331 e. The lowest BCUT2D eigenvalue weighted by molar-refractivity contribution is -0.153. The molecule has 0 saturated carbocycles. The van der Waals surface area contributed by atoms with Gasteiger partial charge in [-0.3, -0.25) is 9.59 Å². The molecule has 0 unspecified atom stereocenters. The molecule has 0 spiro atoms. The molecule has 0 fully saturated rings. The lowest BCUT2D eigenvalue weighted by Crippen LogP contribution is -2.28. The molecule has 18 heavy (non-hydrogen) atoms. The summed E-state index contributed by atoms with van der Waals surface area (Å²) in [7, 11) is 0. The van der Waals surface area contributed by atoms with Gasteiger partial charge in [0.2, 0.25) is 4.83 Å². The van der Waals surface area contributed by atoms with E-state index in [1.54, 1.807) is 0 Å². The van der Waals surface area contributed by atoms with E-state index in [0.717, 1.165) is 38.5 Å². The van der Waals surface area contributed by atoms with E-state index in [1.807, 2.05) is 0 Å². The number of esters is 2. The van der Waals surface area contributed by atoms with E-state index in [1.165, 1.54) is 0 Å². The van der Waals surface area contributed by atoms with Crippen LogP contribution in [-0.2, 0) is 19.1 Å². The van der Waals surface area contributed by atoms with Gasteiger partial charge in [0.05, 0.1) is 13.2 Å². The molecule has 0 aliphatic rings. The van der Waals surface area contributed by atoms with Crippen LogP contribution >= 0.6 is 15.9 Å². The molecule has 0 N–H and O–H groups in total. The summed E-state index contributed by atoms with van der Waals surface area (Å²) in [5, 5.41) is 0. The van der Waals surface area contributed by atoms with E-state index in [4.69, 9.17) is 9.47 Å². The minimum atomic E-state index is -0.999. The average molecular weight is 323 g/mol. The Bertz CT molecular complexity index is 219. The van der Waals surface area contributed by atoms with Crippen molar-refractivity contribution in [3.8, 4) is 0 Å². The second-order valence-electron chi connectivity index (χ2n) is 4.11. The highest BCUT2D eigenvalue weighted by atomic mass is 79.9. The van der Waals surface area contributed by atoms with Crippen LogP contribution in [0.2, 0.25) is 0 Å². The van der Waals surface area contributed by atoms with Crippen LogP contribution in [0.1, 0.15) is 52.4 Å². The van der Waals surface area contributed by atoms with Crippen LogP contribution in [-0.4, -0.2) is 30.0 Å². The summed E-state index contributed by atoms with van der Waals surface area (Å²) < 4.78 is 9.94. The Morgan fingerprint density at radius 2 is 1.28 bits per heavy atom. The Morgan fingerprint density at radius 1 is 0.889 bits per heavy atom. The van der Waals surface area contributed by atoms with Gasteiger partial charge in [-0.1, -0.05) is 55.5 Å². The molecule has 0 aromatic rings. The number of unbranched alkanes of at least 4 members (excludes halogenated alkanes) is 4. The molecule has 0 bridgehead atoms. The van der Waals surface area contributed by atoms with Crippen LogP contribution in [0.25, 0.3) is 0 Å². The fourth-order valence-corrected chi connectivity index (χ4v) is 1.56. The van der Waals surface area contributed by atoms with Gasteiger partial charge in [0.1, 0.15) is 0 Å². The van der Waals surface area contributed by atoms with E-state index in [9.17, 15) is 9.59 Å². The van der Waals surface area contributed by atoms with Crippen LogP contribution in [0.4, 0.5) is 0 Å². The van der Waals surface area contributed by atoms with E-state index in [2.05, 4.69) is 29.8 Å². The van der Waals surface area contributed by atoms with Crippen LogP contribution < -0.4 is 0 Å². The first-order valence-electron chi connectivity index (χ1n) is 6.60. The molecular formula is C13H23BrO4. The Morgan fingerprint density at radius 3 is 1.61 bits per heavy atom. The second kappa shape index (κ2) is 11.5. The minimum absolute atomic E-state index is 0.359. The third-order valence-corrected chi connectivity index (χ3v) is 3.15. The van der Waals surface area contributed by atoms with Crippen molar-refractivity contribution in [1.29, 1.82) is 0 Å². The zero-order valence-corrected chi connectivity index (χ0v) is 12.8. The van der Waals surface area contributed by atoms with E-state index >= 15 is 0 Å². The summed E-state index contributed by atoms with van der Waals surface area (Å²) in [6.45, 7) is 4.86. The normalized spacial score (nSPS) is 10.4. The highest BCUT2D eigenvalue weighted by Gasteiger charge is 2.26. The third-order valence-electron chi connectivity index (χ3n) is 2.40. The summed E-state index contributed by atoms with van der Waals surface area (Å²) >= 11 is 3.00. The fourth-order valence-electron chi connectivity index (χ4n) is 1.29. The largest absolute Gasteiger partial charge is 0.464 e. The second-order valence-corrected chi connectivity index (χ2v) is 5.03. The highest BCUT2D eigenvalue weighted by molar-refractivity contribution is 9.10. The molecule has 5 heteroatoms. The van der Waals surface area contributed by atoms with Crippen molar-refractivity contribution in [2.75, 3.05) is 13.2 Å². The lowest BCUT2D eigenvalue weighted by atomic mass is 10.3. The van der Waals surface area contributed by atoms with Crippen molar-refractivity contribution in [2.24, 2.45) is 0 Å². The van der Waals surface area contributed by atoms with E-state index in [-0.39, 0.29) is 0 Å². The topological polar surface area (TPSA) is 52.6 Å². The monoisotopic (exact) mass is 322 g/mol. The summed E-state index contributed by atoms with van der Waals surface area (Å²) in [6, 6.07) is 0. The van der Waals surface area contributed by atoms with Crippen molar-refractivity contribution in [1.82, 2.24) is 0 Å². The molecule has 0 saturated heterocycles. The zero-order chi connectivity index (χ0) is 13.8. The number of alkyl halides is 1. The molecule has 0 amide bonds. The van der Waals surface area contributed by atoms with Crippen LogP contribution in [0.5, 0.6) is 0 Å². The molecule has 106 valence electrons. The molecule has 0 aromatic heterocycles. The van der Waals surface area contributed by atoms with Gasteiger partial charge in [-0.05, 0) is 12.8 Å². The first kappa shape index (κ1) is 17.4. The van der Waals surface area contributed by atoms with Gasteiger partial charge in [-0.15, -0.1) is 0 Å². The highest BCUT2D eigenvalue weighted by Crippen LogP contribution is 2.07. The maximum atomic E-state index is 11.5. The number of carbonyl (C=O) groups excluding carboxylic acids is 2. The Kier molecular flexibility index (Phi) is 11.1. The number of halogens is 1. The minimum Gasteiger partial charge on any atom is -0.464 e. The fraction of sp³-hybridized carbons (Fsp3) is 0.846. The van der Waals surface area contributed by atoms with Crippen molar-refractivity contribution in [2.45, 2.75) is 57.2 Å². The molecule has 0 aromatic carbocycles. The van der Waals surface area contributed by atoms with Crippen LogP contribution in [0.3, 0.4) is 0 Å². The molecule has 0 rings (SSSR count). The number of hydrogen-bond acceptors (Lipinski definition) is 4. The SMILES string of the molecule is CCCCCOC(=O)C(Br)C(=O)OCCCCC. The van der Waals surface area contributed by atoms with Crippen molar-refractivity contribution in [3.63, 3.8) is 0 Å². The predicted molar refractivity (Wildman–Crippen MR) is 73.7 cm³/mol. The third kappa shape index (κ3) is 8.50. The smallest absolute Gasteiger partial charge is 0.331 e. The average Bonchev–Trinajstić information content (AvgIpc) is 2.38. The van der Waals surface area contributed by atoms with E-state index < -0.39 is 16.8 Å². The van der Waals surface area contributed by atoms with Crippen molar-refractivity contribution >= 4 is 27.9 Å². The first-order valence-corrected chi connectivity index (χ1v) is 7.52. The lowest BCUT2D eigenvalue weighted by Gasteiger charge is -2.10. The van der Waals surface area contributed by atoms with E-state index in [0.29, 0.717) is 13.2 Å². The summed E-state index contributed by atoms with van der Waals surface area (Å²) in [5.74, 6) is -1.13. The summed E-state index contributed by atoms with van der Waals surface area (Å²) in [4.78, 5) is 21.9. The van der Waals surface area contributed by atoms with Gasteiger partial charge in [0.15, 0.2) is 0 Å². The predicted octanol–water partition coefficient (Wildman–Crippen LogP) is 3.22. The molecule has 0 aliphatic carbocycles.